The number of amides is 1. The molecular formula is C32H48N2O7. The van der Waals surface area contributed by atoms with Crippen LogP contribution in [-0.4, -0.2) is 48.8 Å². The van der Waals surface area contributed by atoms with E-state index in [2.05, 4.69) is 18.0 Å². The molecule has 41 heavy (non-hydrogen) atoms. The highest BCUT2D eigenvalue weighted by Gasteiger charge is 2.52. The first kappa shape index (κ1) is 34.0. The Balaban J connectivity index is 0.000000257. The van der Waals surface area contributed by atoms with Crippen LogP contribution in [0.15, 0.2) is 23.8 Å². The Kier molecular flexibility index (Phi) is 13.0. The largest absolute Gasteiger partial charge is 0.505 e. The van der Waals surface area contributed by atoms with Crippen LogP contribution in [0.3, 0.4) is 0 Å². The van der Waals surface area contributed by atoms with Gasteiger partial charge >= 0.3 is 5.97 Å². The predicted molar refractivity (Wildman–Crippen MR) is 159 cm³/mol. The molecule has 0 aromatic heterocycles. The van der Waals surface area contributed by atoms with Gasteiger partial charge in [-0.15, -0.1) is 0 Å². The Morgan fingerprint density at radius 3 is 2.44 bits per heavy atom. The molecule has 1 aromatic rings. The maximum Gasteiger partial charge on any atom is 0.303 e. The minimum Gasteiger partial charge on any atom is -0.505 e. The lowest BCUT2D eigenvalue weighted by Crippen LogP contribution is -2.44. The summed E-state index contributed by atoms with van der Waals surface area (Å²) in [6.45, 7) is 6.22. The van der Waals surface area contributed by atoms with Gasteiger partial charge in [-0.25, -0.2) is 0 Å². The molecular weight excluding hydrogens is 524 g/mol. The van der Waals surface area contributed by atoms with Crippen molar-refractivity contribution in [2.75, 3.05) is 19.5 Å². The third kappa shape index (κ3) is 8.18. The van der Waals surface area contributed by atoms with Crippen LogP contribution in [0.5, 0.6) is 11.5 Å². The number of carboxylic acid groups (broad SMARTS) is 1. The van der Waals surface area contributed by atoms with Gasteiger partial charge in [0.15, 0.2) is 5.78 Å². The van der Waals surface area contributed by atoms with Crippen LogP contribution in [0.1, 0.15) is 83.1 Å². The number of allylic oxidation sites excluding steroid dienone is 1. The van der Waals surface area contributed by atoms with E-state index in [1.165, 1.54) is 70.7 Å². The minimum atomic E-state index is -1.04. The van der Waals surface area contributed by atoms with Crippen LogP contribution in [0.2, 0.25) is 0 Å². The van der Waals surface area contributed by atoms with Crippen LogP contribution in [0.25, 0.3) is 0 Å². The molecule has 0 spiro atoms. The number of ketones is 1. The molecule has 9 heteroatoms. The number of phenols is 1. The van der Waals surface area contributed by atoms with E-state index in [9.17, 15) is 19.5 Å². The van der Waals surface area contributed by atoms with Gasteiger partial charge in [0.1, 0.15) is 18.3 Å². The van der Waals surface area contributed by atoms with Gasteiger partial charge in [0.05, 0.1) is 19.2 Å². The number of ether oxygens (including phenoxy) is 1. The number of rotatable bonds is 5. The molecule has 228 valence electrons. The summed E-state index contributed by atoms with van der Waals surface area (Å²) in [5, 5.41) is 20.7. The molecule has 0 heterocycles. The number of nitrogens with two attached hydrogens (primary N) is 1. The molecule has 5 unspecified atom stereocenters. The summed E-state index contributed by atoms with van der Waals surface area (Å²) >= 11 is 0. The number of benzene rings is 1. The van der Waals surface area contributed by atoms with E-state index in [0.29, 0.717) is 22.5 Å². The normalized spacial score (nSPS) is 27.3. The third-order valence-corrected chi connectivity index (χ3v) is 9.52. The van der Waals surface area contributed by atoms with Gasteiger partial charge in [-0.1, -0.05) is 18.9 Å². The molecule has 5 atom stereocenters. The lowest BCUT2D eigenvalue weighted by Gasteiger charge is -2.52. The van der Waals surface area contributed by atoms with E-state index in [-0.39, 0.29) is 24.3 Å². The van der Waals surface area contributed by atoms with Crippen molar-refractivity contribution in [3.8, 4) is 11.5 Å². The van der Waals surface area contributed by atoms with Crippen molar-refractivity contribution in [2.45, 2.75) is 84.5 Å². The molecule has 4 aliphatic carbocycles. The molecule has 5 rings (SSSR count). The van der Waals surface area contributed by atoms with E-state index in [0.717, 1.165) is 36.5 Å². The van der Waals surface area contributed by atoms with Crippen LogP contribution < -0.4 is 15.8 Å². The van der Waals surface area contributed by atoms with Gasteiger partial charge in [-0.2, -0.15) is 0 Å². The summed E-state index contributed by atoms with van der Waals surface area (Å²) in [6.07, 6.45) is 13.5. The summed E-state index contributed by atoms with van der Waals surface area (Å²) in [5.41, 5.74) is 7.45. The van der Waals surface area contributed by atoms with Crippen LogP contribution in [0.4, 0.5) is 5.69 Å². The summed E-state index contributed by atoms with van der Waals surface area (Å²) in [4.78, 5) is 41.4. The van der Waals surface area contributed by atoms with E-state index in [1.54, 1.807) is 13.0 Å². The Labute approximate surface area is 243 Å². The smallest absolute Gasteiger partial charge is 0.303 e. The second kappa shape index (κ2) is 15.7. The zero-order valence-electron chi connectivity index (χ0n) is 25.0. The summed E-state index contributed by atoms with van der Waals surface area (Å²) in [6, 6.07) is 3.11. The first-order chi connectivity index (χ1) is 19.6. The second-order valence-corrected chi connectivity index (χ2v) is 11.6. The number of phenolic OH excluding ortho intramolecular Hbond substituents is 1. The number of carbonyl (C=O) groups excluding carboxylic acids is 3. The molecule has 0 radical (unpaired) electrons. The number of nitrogens with one attached hydrogen (secondary N) is 1. The third-order valence-electron chi connectivity index (χ3n) is 9.52. The average molecular weight is 573 g/mol. The fraction of sp³-hybridized carbons (Fsp3) is 0.625. The lowest BCUT2D eigenvalue weighted by atomic mass is 9.52. The summed E-state index contributed by atoms with van der Waals surface area (Å²) in [7, 11) is 2.98. The van der Waals surface area contributed by atoms with Crippen molar-refractivity contribution in [2.24, 2.45) is 34.8 Å². The monoisotopic (exact) mass is 572 g/mol. The van der Waals surface area contributed by atoms with Gasteiger partial charge in [-0.05, 0) is 106 Å². The zero-order valence-corrected chi connectivity index (χ0v) is 25.0. The maximum absolute atomic E-state index is 11.6. The fourth-order valence-corrected chi connectivity index (χ4v) is 7.61. The number of aromatic hydroxyl groups is 1. The molecule has 3 saturated carbocycles. The highest BCUT2D eigenvalue weighted by atomic mass is 16.5. The molecule has 0 saturated heterocycles. The van der Waals surface area contributed by atoms with Gasteiger partial charge in [-0.3, -0.25) is 14.4 Å². The molecule has 1 aromatic carbocycles. The zero-order chi connectivity index (χ0) is 30.7. The van der Waals surface area contributed by atoms with Crippen molar-refractivity contribution >= 4 is 30.1 Å². The first-order valence-corrected chi connectivity index (χ1v) is 14.6. The maximum atomic E-state index is 11.6. The first-order valence-electron chi connectivity index (χ1n) is 14.6. The van der Waals surface area contributed by atoms with E-state index < -0.39 is 11.9 Å². The van der Waals surface area contributed by atoms with Crippen molar-refractivity contribution in [1.82, 2.24) is 0 Å². The number of aliphatic carboxylic acids is 1. The highest BCUT2D eigenvalue weighted by Crippen LogP contribution is 2.61. The van der Waals surface area contributed by atoms with Crippen LogP contribution >= 0.6 is 0 Å². The average Bonchev–Trinajstić information content (AvgIpc) is 3.38. The summed E-state index contributed by atoms with van der Waals surface area (Å²) < 4.78 is 5.01. The van der Waals surface area contributed by atoms with E-state index in [1.807, 2.05) is 12.9 Å². The van der Waals surface area contributed by atoms with Gasteiger partial charge < -0.3 is 30.8 Å². The Morgan fingerprint density at radius 2 is 1.78 bits per heavy atom. The fourth-order valence-electron chi connectivity index (χ4n) is 7.61. The molecule has 4 aliphatic rings. The molecule has 9 nitrogen and oxygen atoms in total. The van der Waals surface area contributed by atoms with Crippen LogP contribution in [0, 0.1) is 36.0 Å². The standard InChI is InChI=1S/C18H26O.C12H15NO5.CH5N.CH2O/c1-18-9-2-3-17(18)16-6-4-12-11-13(19)5-7-14(12)15(16)8-10-18;1-7-9(18-2)4-3-8(12(7)17)13-10(14)5-6-11(15)16;2*1-2/h11,14-17H,2-10H2,1H3;3-4,17H,5-6H2,1-2H3,(H,13,14)(H,15,16);2H2,1H3;1H2. The summed E-state index contributed by atoms with van der Waals surface area (Å²) in [5.74, 6) is 3.01. The number of fused-ring (bicyclic) bond motifs is 5. The van der Waals surface area contributed by atoms with Gasteiger partial charge in [0, 0.05) is 18.4 Å². The SMILES string of the molecule is C=O.CC12CCCC1C1CCC3=CC(=O)CCC3C1CC2.CN.COc1ccc(NC(=O)CCC(=O)O)c(O)c1C. The Hall–Kier alpha value is -3.20. The Morgan fingerprint density at radius 1 is 1.07 bits per heavy atom. The van der Waals surface area contributed by atoms with Crippen molar-refractivity contribution in [3.05, 3.63) is 29.3 Å². The van der Waals surface area contributed by atoms with Crippen molar-refractivity contribution in [3.63, 3.8) is 0 Å². The van der Waals surface area contributed by atoms with E-state index >= 15 is 0 Å². The molecule has 5 N–H and O–H groups in total. The molecule has 1 amide bonds. The molecule has 3 fully saturated rings. The predicted octanol–water partition coefficient (Wildman–Crippen LogP) is 5.42. The number of methoxy groups -OCH3 is 1. The number of carboxylic acids is 1. The topological polar surface area (TPSA) is 156 Å². The number of hydrogen-bond acceptors (Lipinski definition) is 7. The quantitative estimate of drug-likeness (QED) is 0.341. The molecule has 0 bridgehead atoms. The lowest BCUT2D eigenvalue weighted by molar-refractivity contribution is -0.138. The number of hydrogen-bond donors (Lipinski definition) is 4. The van der Waals surface area contributed by atoms with Gasteiger partial charge in [0.25, 0.3) is 0 Å². The van der Waals surface area contributed by atoms with Crippen molar-refractivity contribution in [1.29, 1.82) is 0 Å². The van der Waals surface area contributed by atoms with Crippen LogP contribution in [-0.2, 0) is 19.2 Å². The molecule has 0 aliphatic heterocycles. The highest BCUT2D eigenvalue weighted by molar-refractivity contribution is 5.94. The Bertz CT molecular complexity index is 1100. The van der Waals surface area contributed by atoms with Crippen molar-refractivity contribution < 1.29 is 34.1 Å². The minimum absolute atomic E-state index is 0.0852. The number of carbonyl (C=O) groups is 4. The van der Waals surface area contributed by atoms with E-state index in [4.69, 9.17) is 14.6 Å². The number of anilines is 1. The second-order valence-electron chi connectivity index (χ2n) is 11.6. The van der Waals surface area contributed by atoms with Gasteiger partial charge in [0.2, 0.25) is 5.91 Å².